The van der Waals surface area contributed by atoms with Crippen LogP contribution >= 0.6 is 0 Å². The van der Waals surface area contributed by atoms with Crippen molar-refractivity contribution in [3.63, 3.8) is 0 Å². The Morgan fingerprint density at radius 3 is 3.00 bits per heavy atom. The van der Waals surface area contributed by atoms with Crippen LogP contribution in [0.25, 0.3) is 0 Å². The fourth-order valence-corrected chi connectivity index (χ4v) is 4.24. The number of benzene rings is 2. The molecule has 1 aliphatic heterocycles. The molecular weight excluding hydrogens is 336 g/mol. The number of anilines is 1. The van der Waals surface area contributed by atoms with E-state index < -0.39 is 0 Å². The zero-order valence-corrected chi connectivity index (χ0v) is 15.4. The summed E-state index contributed by atoms with van der Waals surface area (Å²) in [6.45, 7) is 4.13. The molecule has 27 heavy (non-hydrogen) atoms. The standard InChI is InChI=1S/C23H24N2O2/c1-3-13-24-23(26)20-12-6-11-19-17-9-5-10-18(17)21(25-22(19)20)15-7-4-8-16(14-15)27-2/h3-9,11-12,14,17-18,21,25H,1,10,13H2,2H3,(H,24,26). The van der Waals surface area contributed by atoms with Crippen molar-refractivity contribution in [2.45, 2.75) is 18.4 Å². The molecule has 1 amide bonds. The molecule has 2 aromatic rings. The number of amides is 1. The number of allylic oxidation sites excluding steroid dienone is 2. The smallest absolute Gasteiger partial charge is 0.253 e. The van der Waals surface area contributed by atoms with Gasteiger partial charge in [0.05, 0.1) is 24.4 Å². The van der Waals surface area contributed by atoms with Crippen LogP contribution in [0.15, 0.2) is 67.3 Å². The van der Waals surface area contributed by atoms with E-state index in [-0.39, 0.29) is 11.9 Å². The molecule has 0 fully saturated rings. The van der Waals surface area contributed by atoms with Gasteiger partial charge in [-0.2, -0.15) is 0 Å². The Balaban J connectivity index is 1.76. The van der Waals surface area contributed by atoms with Crippen molar-refractivity contribution in [2.24, 2.45) is 5.92 Å². The summed E-state index contributed by atoms with van der Waals surface area (Å²) in [5.41, 5.74) is 3.99. The van der Waals surface area contributed by atoms with Gasteiger partial charge in [-0.15, -0.1) is 6.58 Å². The number of nitrogens with one attached hydrogen (secondary N) is 2. The summed E-state index contributed by atoms with van der Waals surface area (Å²) in [6, 6.07) is 14.3. The molecule has 4 rings (SSSR count). The second-order valence-electron chi connectivity index (χ2n) is 7.02. The van der Waals surface area contributed by atoms with Gasteiger partial charge in [0, 0.05) is 12.5 Å². The summed E-state index contributed by atoms with van der Waals surface area (Å²) in [4.78, 5) is 12.7. The summed E-state index contributed by atoms with van der Waals surface area (Å²) in [7, 11) is 1.69. The number of carbonyl (C=O) groups excluding carboxylic acids is 1. The van der Waals surface area contributed by atoms with Crippen LogP contribution in [0.2, 0.25) is 0 Å². The summed E-state index contributed by atoms with van der Waals surface area (Å²) < 4.78 is 5.42. The van der Waals surface area contributed by atoms with Crippen molar-refractivity contribution in [1.82, 2.24) is 5.32 Å². The lowest BCUT2D eigenvalue weighted by atomic mass is 9.76. The van der Waals surface area contributed by atoms with Crippen LogP contribution < -0.4 is 15.4 Å². The second kappa shape index (κ2) is 7.31. The minimum Gasteiger partial charge on any atom is -0.497 e. The molecular formula is C23H24N2O2. The lowest BCUT2D eigenvalue weighted by Crippen LogP contribution is -2.32. The zero-order chi connectivity index (χ0) is 18.8. The molecule has 0 saturated heterocycles. The third-order valence-corrected chi connectivity index (χ3v) is 5.50. The molecule has 2 N–H and O–H groups in total. The van der Waals surface area contributed by atoms with Gasteiger partial charge >= 0.3 is 0 Å². The van der Waals surface area contributed by atoms with Gasteiger partial charge in [0.15, 0.2) is 0 Å². The van der Waals surface area contributed by atoms with E-state index in [1.54, 1.807) is 13.2 Å². The number of fused-ring (bicyclic) bond motifs is 3. The van der Waals surface area contributed by atoms with Crippen LogP contribution in [0.5, 0.6) is 5.75 Å². The summed E-state index contributed by atoms with van der Waals surface area (Å²) in [5.74, 6) is 1.50. The fraction of sp³-hybridized carbons (Fsp3) is 0.261. The van der Waals surface area contributed by atoms with Gasteiger partial charge in [0.2, 0.25) is 0 Å². The number of para-hydroxylation sites is 1. The molecule has 3 atom stereocenters. The second-order valence-corrected chi connectivity index (χ2v) is 7.02. The van der Waals surface area contributed by atoms with Crippen LogP contribution in [0.3, 0.4) is 0 Å². The predicted octanol–water partition coefficient (Wildman–Crippen LogP) is 4.44. The lowest BCUT2D eigenvalue weighted by molar-refractivity contribution is 0.0958. The highest BCUT2D eigenvalue weighted by molar-refractivity contribution is 6.00. The van der Waals surface area contributed by atoms with E-state index in [9.17, 15) is 4.79 Å². The third-order valence-electron chi connectivity index (χ3n) is 5.50. The van der Waals surface area contributed by atoms with E-state index in [1.807, 2.05) is 24.3 Å². The number of ether oxygens (including phenoxy) is 1. The van der Waals surface area contributed by atoms with Gasteiger partial charge in [-0.05, 0) is 41.7 Å². The number of hydrogen-bond acceptors (Lipinski definition) is 3. The Morgan fingerprint density at radius 1 is 1.33 bits per heavy atom. The molecule has 4 heteroatoms. The van der Waals surface area contributed by atoms with E-state index in [4.69, 9.17) is 4.74 Å². The molecule has 0 bridgehead atoms. The fourth-order valence-electron chi connectivity index (χ4n) is 4.24. The number of rotatable bonds is 5. The summed E-state index contributed by atoms with van der Waals surface area (Å²) in [6.07, 6.45) is 7.24. The minimum absolute atomic E-state index is 0.0796. The average Bonchev–Trinajstić information content (AvgIpc) is 3.21. The van der Waals surface area contributed by atoms with Crippen molar-refractivity contribution in [3.8, 4) is 5.75 Å². The van der Waals surface area contributed by atoms with E-state index >= 15 is 0 Å². The summed E-state index contributed by atoms with van der Waals surface area (Å²) >= 11 is 0. The molecule has 4 nitrogen and oxygen atoms in total. The van der Waals surface area contributed by atoms with Crippen LogP contribution in [0.1, 0.15) is 39.9 Å². The first-order chi connectivity index (χ1) is 13.2. The molecule has 2 aliphatic rings. The van der Waals surface area contributed by atoms with E-state index in [0.717, 1.165) is 17.9 Å². The number of methoxy groups -OCH3 is 1. The maximum absolute atomic E-state index is 12.7. The maximum atomic E-state index is 12.7. The highest BCUT2D eigenvalue weighted by Gasteiger charge is 2.39. The van der Waals surface area contributed by atoms with Crippen LogP contribution in [0, 0.1) is 5.92 Å². The SMILES string of the molecule is C=CCNC(=O)c1cccc2c1NC(c1cccc(OC)c1)C1CC=CC21. The van der Waals surface area contributed by atoms with E-state index in [0.29, 0.717) is 23.9 Å². The Hall–Kier alpha value is -3.01. The monoisotopic (exact) mass is 360 g/mol. The van der Waals surface area contributed by atoms with Crippen molar-refractivity contribution in [3.05, 3.63) is 84.0 Å². The average molecular weight is 360 g/mol. The van der Waals surface area contributed by atoms with Gasteiger partial charge in [0.1, 0.15) is 5.75 Å². The van der Waals surface area contributed by atoms with Crippen LogP contribution in [0.4, 0.5) is 5.69 Å². The highest BCUT2D eigenvalue weighted by Crippen LogP contribution is 2.50. The first kappa shape index (κ1) is 17.4. The first-order valence-electron chi connectivity index (χ1n) is 9.32. The van der Waals surface area contributed by atoms with Crippen molar-refractivity contribution >= 4 is 11.6 Å². The maximum Gasteiger partial charge on any atom is 0.253 e. The largest absolute Gasteiger partial charge is 0.497 e. The molecule has 138 valence electrons. The van der Waals surface area contributed by atoms with E-state index in [1.165, 1.54) is 11.1 Å². The van der Waals surface area contributed by atoms with Crippen LogP contribution in [-0.2, 0) is 0 Å². The Kier molecular flexibility index (Phi) is 4.71. The zero-order valence-electron chi connectivity index (χ0n) is 15.4. The quantitative estimate of drug-likeness (QED) is 0.775. The molecule has 1 aliphatic carbocycles. The van der Waals surface area contributed by atoms with Gasteiger partial charge in [-0.3, -0.25) is 4.79 Å². The highest BCUT2D eigenvalue weighted by atomic mass is 16.5. The molecule has 0 spiro atoms. The number of carbonyl (C=O) groups is 1. The van der Waals surface area contributed by atoms with E-state index in [2.05, 4.69) is 47.6 Å². The molecule has 0 aromatic heterocycles. The molecule has 0 saturated carbocycles. The summed E-state index contributed by atoms with van der Waals surface area (Å²) in [5, 5.41) is 6.58. The Labute approximate surface area is 159 Å². The number of hydrogen-bond donors (Lipinski definition) is 2. The minimum atomic E-state index is -0.0796. The van der Waals surface area contributed by atoms with Crippen molar-refractivity contribution in [1.29, 1.82) is 0 Å². The molecule has 3 unspecified atom stereocenters. The van der Waals surface area contributed by atoms with Crippen molar-refractivity contribution in [2.75, 3.05) is 19.0 Å². The van der Waals surface area contributed by atoms with Crippen LogP contribution in [-0.4, -0.2) is 19.6 Å². The Bertz CT molecular complexity index is 903. The third kappa shape index (κ3) is 3.12. The Morgan fingerprint density at radius 2 is 2.19 bits per heavy atom. The van der Waals surface area contributed by atoms with Gasteiger partial charge < -0.3 is 15.4 Å². The van der Waals surface area contributed by atoms with Gasteiger partial charge in [0.25, 0.3) is 5.91 Å². The normalized spacial score (nSPS) is 22.3. The topological polar surface area (TPSA) is 50.4 Å². The van der Waals surface area contributed by atoms with Crippen molar-refractivity contribution < 1.29 is 9.53 Å². The van der Waals surface area contributed by atoms with Gasteiger partial charge in [-0.25, -0.2) is 0 Å². The molecule has 1 heterocycles. The predicted molar refractivity (Wildman–Crippen MR) is 108 cm³/mol. The lowest BCUT2D eigenvalue weighted by Gasteiger charge is -2.38. The van der Waals surface area contributed by atoms with Gasteiger partial charge in [-0.1, -0.05) is 42.5 Å². The molecule has 0 radical (unpaired) electrons. The molecule has 2 aromatic carbocycles. The first-order valence-corrected chi connectivity index (χ1v) is 9.32.